The molecule has 0 N–H and O–H groups in total. The monoisotopic (exact) mass is 432 g/mol. The molecule has 6 heteroatoms. The van der Waals surface area contributed by atoms with Crippen LogP contribution in [0.1, 0.15) is 31.2 Å². The van der Waals surface area contributed by atoms with Gasteiger partial charge in [0.2, 0.25) is 5.91 Å². The highest BCUT2D eigenvalue weighted by molar-refractivity contribution is 5.97. The topological polar surface area (TPSA) is 42.9 Å². The summed E-state index contributed by atoms with van der Waals surface area (Å²) in [6.45, 7) is 7.23. The minimum absolute atomic E-state index is 0.0467. The minimum atomic E-state index is 0.0467. The van der Waals surface area contributed by atoms with E-state index in [4.69, 9.17) is 4.98 Å². The third kappa shape index (κ3) is 4.46. The van der Waals surface area contributed by atoms with Crippen LogP contribution in [0.5, 0.6) is 0 Å². The average molecular weight is 433 g/mol. The van der Waals surface area contributed by atoms with E-state index in [1.165, 1.54) is 30.5 Å². The summed E-state index contributed by atoms with van der Waals surface area (Å²) in [5.41, 5.74) is 3.54. The van der Waals surface area contributed by atoms with Crippen LogP contribution in [-0.2, 0) is 11.2 Å². The Kier molecular flexibility index (Phi) is 6.30. The number of piperazine rings is 1. The first-order valence-electron chi connectivity index (χ1n) is 12.2. The molecule has 0 saturated carbocycles. The van der Waals surface area contributed by atoms with Crippen LogP contribution in [0.2, 0.25) is 0 Å². The highest BCUT2D eigenvalue weighted by atomic mass is 16.2. The first-order chi connectivity index (χ1) is 15.7. The second-order valence-corrected chi connectivity index (χ2v) is 9.52. The van der Waals surface area contributed by atoms with Crippen molar-refractivity contribution in [2.24, 2.45) is 5.92 Å². The van der Waals surface area contributed by atoms with Crippen LogP contribution in [-0.4, -0.2) is 68.7 Å². The Labute approximate surface area is 191 Å². The summed E-state index contributed by atoms with van der Waals surface area (Å²) in [5, 5.41) is 0. The largest absolute Gasteiger partial charge is 0.369 e. The molecule has 32 heavy (non-hydrogen) atoms. The van der Waals surface area contributed by atoms with E-state index in [2.05, 4.69) is 58.1 Å². The van der Waals surface area contributed by atoms with E-state index < -0.39 is 0 Å². The van der Waals surface area contributed by atoms with E-state index in [1.807, 2.05) is 11.1 Å². The third-order valence-corrected chi connectivity index (χ3v) is 7.34. The molecule has 5 rings (SSSR count). The van der Waals surface area contributed by atoms with Gasteiger partial charge in [0.05, 0.1) is 11.9 Å². The Bertz CT molecular complexity index is 916. The van der Waals surface area contributed by atoms with E-state index in [9.17, 15) is 4.79 Å². The van der Waals surface area contributed by atoms with Crippen LogP contribution < -0.4 is 14.7 Å². The van der Waals surface area contributed by atoms with Gasteiger partial charge in [-0.15, -0.1) is 0 Å². The molecular formula is C26H35N5O. The zero-order valence-corrected chi connectivity index (χ0v) is 19.2. The molecule has 2 aromatic rings. The number of rotatable bonds is 5. The van der Waals surface area contributed by atoms with Gasteiger partial charge in [-0.1, -0.05) is 18.2 Å². The molecule has 3 saturated heterocycles. The first-order valence-corrected chi connectivity index (χ1v) is 12.2. The molecule has 1 aromatic heterocycles. The van der Waals surface area contributed by atoms with Gasteiger partial charge in [-0.3, -0.25) is 4.79 Å². The molecule has 0 unspecified atom stereocenters. The van der Waals surface area contributed by atoms with Crippen LogP contribution in [0.25, 0.3) is 0 Å². The zero-order valence-electron chi connectivity index (χ0n) is 19.2. The number of piperidine rings is 1. The number of benzene rings is 1. The molecule has 3 fully saturated rings. The van der Waals surface area contributed by atoms with Crippen LogP contribution in [0, 0.1) is 5.92 Å². The number of para-hydroxylation sites is 1. The van der Waals surface area contributed by atoms with Crippen molar-refractivity contribution < 1.29 is 4.79 Å². The van der Waals surface area contributed by atoms with Crippen molar-refractivity contribution in [3.63, 3.8) is 0 Å². The zero-order chi connectivity index (χ0) is 21.9. The van der Waals surface area contributed by atoms with Gasteiger partial charge in [0.1, 0.15) is 5.82 Å². The smallest absolute Gasteiger partial charge is 0.230 e. The fraction of sp³-hybridized carbons (Fsp3) is 0.538. The average Bonchev–Trinajstić information content (AvgIpc) is 3.20. The molecule has 1 atom stereocenters. The van der Waals surface area contributed by atoms with Gasteiger partial charge in [0.25, 0.3) is 0 Å². The summed E-state index contributed by atoms with van der Waals surface area (Å²) in [7, 11) is 2.18. The highest BCUT2D eigenvalue weighted by Gasteiger charge is 2.33. The van der Waals surface area contributed by atoms with E-state index in [-0.39, 0.29) is 11.8 Å². The maximum atomic E-state index is 13.3. The molecule has 3 aliphatic heterocycles. The fourth-order valence-corrected chi connectivity index (χ4v) is 5.34. The summed E-state index contributed by atoms with van der Waals surface area (Å²) in [5.74, 6) is 1.33. The lowest BCUT2D eigenvalue weighted by molar-refractivity contribution is -0.120. The number of nitrogens with zero attached hydrogens (tertiary/aromatic N) is 5. The molecular weight excluding hydrogens is 397 g/mol. The van der Waals surface area contributed by atoms with Crippen molar-refractivity contribution >= 4 is 23.1 Å². The highest BCUT2D eigenvalue weighted by Crippen LogP contribution is 2.31. The lowest BCUT2D eigenvalue weighted by Crippen LogP contribution is -2.44. The van der Waals surface area contributed by atoms with Crippen molar-refractivity contribution in [3.05, 3.63) is 48.2 Å². The maximum Gasteiger partial charge on any atom is 0.230 e. The maximum absolute atomic E-state index is 13.3. The van der Waals surface area contributed by atoms with E-state index in [1.54, 1.807) is 0 Å². The first kappa shape index (κ1) is 21.3. The number of hydrogen-bond donors (Lipinski definition) is 0. The molecule has 1 aromatic carbocycles. The fourth-order valence-electron chi connectivity index (χ4n) is 5.34. The summed E-state index contributed by atoms with van der Waals surface area (Å²) in [4.78, 5) is 27.1. The molecule has 0 radical (unpaired) electrons. The lowest BCUT2D eigenvalue weighted by atomic mass is 9.96. The van der Waals surface area contributed by atoms with Gasteiger partial charge in [-0.05, 0) is 62.9 Å². The van der Waals surface area contributed by atoms with Crippen molar-refractivity contribution in [1.29, 1.82) is 0 Å². The van der Waals surface area contributed by atoms with Crippen molar-refractivity contribution in [3.8, 4) is 0 Å². The second-order valence-electron chi connectivity index (χ2n) is 9.52. The molecule has 4 heterocycles. The summed E-state index contributed by atoms with van der Waals surface area (Å²) in [6, 6.07) is 12.8. The van der Waals surface area contributed by atoms with Crippen LogP contribution in [0.3, 0.4) is 0 Å². The summed E-state index contributed by atoms with van der Waals surface area (Å²) < 4.78 is 0. The van der Waals surface area contributed by atoms with Gasteiger partial charge in [-0.2, -0.15) is 0 Å². The van der Waals surface area contributed by atoms with Gasteiger partial charge >= 0.3 is 0 Å². The Morgan fingerprint density at radius 2 is 1.66 bits per heavy atom. The summed E-state index contributed by atoms with van der Waals surface area (Å²) in [6.07, 6.45) is 7.41. The molecule has 0 aliphatic carbocycles. The second kappa shape index (κ2) is 9.49. The third-order valence-electron chi connectivity index (χ3n) is 7.34. The Morgan fingerprint density at radius 3 is 2.41 bits per heavy atom. The summed E-state index contributed by atoms with van der Waals surface area (Å²) >= 11 is 0. The molecule has 1 amide bonds. The normalized spacial score (nSPS) is 22.6. The Hall–Kier alpha value is -2.60. The quantitative estimate of drug-likeness (QED) is 0.724. The molecule has 3 aliphatic rings. The van der Waals surface area contributed by atoms with Gasteiger partial charge in [-0.25, -0.2) is 4.98 Å². The van der Waals surface area contributed by atoms with Gasteiger partial charge in [0.15, 0.2) is 0 Å². The molecule has 170 valence electrons. The number of amides is 1. The van der Waals surface area contributed by atoms with Crippen LogP contribution in [0.15, 0.2) is 42.6 Å². The van der Waals surface area contributed by atoms with Gasteiger partial charge < -0.3 is 19.6 Å². The SMILES string of the molecule is [11CH3]N1CCN(c2ccccc2C[C@@H]2CCN(c3ccc(N4CCCCC4)nc3)C2=O)CC1. The number of aromatic nitrogens is 1. The predicted octanol–water partition coefficient (Wildman–Crippen LogP) is 3.42. The number of carbonyl (C=O) groups excluding carboxylic acids is 1. The minimum Gasteiger partial charge on any atom is -0.369 e. The standard InChI is InChI=1S/C26H35N5O/c1-28-15-17-29(18-16-28)24-8-4-3-7-21(24)19-22-11-14-31(26(22)32)23-9-10-25(27-20-23)30-12-5-2-6-13-30/h3-4,7-10,20,22H,2,5-6,11-19H2,1H3/t22-/m0/s1/i1-1. The van der Waals surface area contributed by atoms with Crippen molar-refractivity contribution in [2.75, 3.05) is 67.6 Å². The van der Waals surface area contributed by atoms with E-state index in [0.717, 1.165) is 70.2 Å². The van der Waals surface area contributed by atoms with E-state index >= 15 is 0 Å². The molecule has 0 bridgehead atoms. The van der Waals surface area contributed by atoms with E-state index in [0.29, 0.717) is 0 Å². The number of pyridine rings is 1. The van der Waals surface area contributed by atoms with Crippen molar-refractivity contribution in [1.82, 2.24) is 9.88 Å². The lowest BCUT2D eigenvalue weighted by Gasteiger charge is -2.35. The number of carbonyl (C=O) groups is 1. The van der Waals surface area contributed by atoms with Gasteiger partial charge in [0, 0.05) is 57.4 Å². The molecule has 0 spiro atoms. The number of likely N-dealkylation sites (N-methyl/N-ethyl adjacent to an activating group) is 1. The van der Waals surface area contributed by atoms with Crippen molar-refractivity contribution in [2.45, 2.75) is 32.1 Å². The Morgan fingerprint density at radius 1 is 0.875 bits per heavy atom. The predicted molar refractivity (Wildman–Crippen MR) is 131 cm³/mol. The number of hydrogen-bond acceptors (Lipinski definition) is 5. The Balaban J connectivity index is 1.25. The van der Waals surface area contributed by atoms with Crippen LogP contribution >= 0.6 is 0 Å². The molecule has 6 nitrogen and oxygen atoms in total. The van der Waals surface area contributed by atoms with Crippen LogP contribution in [0.4, 0.5) is 17.2 Å². The number of anilines is 3.